The minimum Gasteiger partial charge on any atom is -0.396 e. The molecule has 0 aliphatic heterocycles. The Balaban J connectivity index is 0. The first-order chi connectivity index (χ1) is 24.3. The van der Waals surface area contributed by atoms with Crippen molar-refractivity contribution < 1.29 is 22.3 Å². The molecule has 5 nitrogen and oxygen atoms in total. The first-order valence-electron chi connectivity index (χ1n) is 19.1. The van der Waals surface area contributed by atoms with Gasteiger partial charge in [0.05, 0.1) is 6.61 Å². The van der Waals surface area contributed by atoms with Crippen LogP contribution in [0.15, 0.2) is 122 Å². The van der Waals surface area contributed by atoms with Crippen LogP contribution in [0.2, 0.25) is 0 Å². The number of aliphatic hydroxyl groups is 1. The highest BCUT2D eigenvalue weighted by atomic mass is 32.3. The Morgan fingerprint density at radius 1 is 0.460 bits per heavy atom. The Labute approximate surface area is 308 Å². The van der Waals surface area contributed by atoms with E-state index in [1.54, 1.807) is 0 Å². The van der Waals surface area contributed by atoms with E-state index < -0.39 is 10.4 Å². The molecule has 0 aromatic rings. The summed E-state index contributed by atoms with van der Waals surface area (Å²) in [6, 6.07) is 0. The van der Waals surface area contributed by atoms with E-state index in [0.717, 1.165) is 103 Å². The summed E-state index contributed by atoms with van der Waals surface area (Å²) in [5, 5.41) is 9.10. The van der Waals surface area contributed by atoms with Crippen molar-refractivity contribution in [2.75, 3.05) is 13.2 Å². The summed E-state index contributed by atoms with van der Waals surface area (Å²) in [6.07, 6.45) is 59.7. The molecule has 6 heteroatoms. The van der Waals surface area contributed by atoms with Crippen LogP contribution in [0.1, 0.15) is 130 Å². The molecule has 284 valence electrons. The fraction of sp³-hybridized carbons (Fsp3) is 0.545. The molecule has 2 atom stereocenters. The highest BCUT2D eigenvalue weighted by Crippen LogP contribution is 2.13. The smallest absolute Gasteiger partial charge is 0.396 e. The Morgan fingerprint density at radius 3 is 1.00 bits per heavy atom. The zero-order chi connectivity index (χ0) is 37.2. The average molecular weight is 713 g/mol. The quantitative estimate of drug-likeness (QED) is 0.0572. The number of allylic oxidation sites excluding steroid dienone is 20. The second kappa shape index (κ2) is 40.7. The number of aliphatic hydroxyl groups excluding tert-OH is 1. The molecule has 0 bridgehead atoms. The van der Waals surface area contributed by atoms with Crippen molar-refractivity contribution in [2.45, 2.75) is 130 Å². The average Bonchev–Trinajstić information content (AvgIpc) is 3.10. The van der Waals surface area contributed by atoms with Crippen LogP contribution >= 0.6 is 0 Å². The molecule has 0 amide bonds. The highest BCUT2D eigenvalue weighted by Gasteiger charge is 2.11. The van der Waals surface area contributed by atoms with Crippen LogP contribution in [-0.4, -0.2) is 31.3 Å². The molecular weight excluding hydrogens is 641 g/mol. The lowest BCUT2D eigenvalue weighted by Gasteiger charge is -2.11. The standard InChI is InChI=1S/C22H36O4S.C22H36O/c1-3-5-6-7-8-9-10-11-12-13-14-15-16-17-18-19-20-22(4-2)21-26-27(23,24)25;1-3-5-6-7-8-9-10-11-12-13-14-15-16-17-18-19-20-22(4-2)21-23/h5-6,8-9,11-12,14-15,17-18,22H,3-4,7,10,13,16,19-21H2,1-2H3,(H,23,24,25);5-6,8-9,11-12,14-15,17-18,22-23H,3-4,7,10,13,16,19-21H2,1-2H3/b2*6-5-,9-8-,12-11-,15-14-,18-17-. The van der Waals surface area contributed by atoms with Gasteiger partial charge in [-0.25, -0.2) is 4.18 Å². The Kier molecular flexibility index (Phi) is 40.1. The SMILES string of the molecule is CC/C=C\C/C=C\C/C=C\C/C=C\C/C=C\CCC(CC)CO.CC/C=C\C/C=C\C/C=C\C/C=C\C/C=C\CCC(CC)COS(=O)(=O)O. The van der Waals surface area contributed by atoms with Crippen LogP contribution in [-0.2, 0) is 14.6 Å². The summed E-state index contributed by atoms with van der Waals surface area (Å²) in [5.41, 5.74) is 0. The zero-order valence-corrected chi connectivity index (χ0v) is 32.8. The monoisotopic (exact) mass is 713 g/mol. The number of hydrogen-bond acceptors (Lipinski definition) is 4. The second-order valence-electron chi connectivity index (χ2n) is 12.0. The van der Waals surface area contributed by atoms with E-state index in [0.29, 0.717) is 12.5 Å². The van der Waals surface area contributed by atoms with Crippen molar-refractivity contribution in [3.8, 4) is 0 Å². The maximum atomic E-state index is 10.6. The van der Waals surface area contributed by atoms with Crippen molar-refractivity contribution in [1.29, 1.82) is 0 Å². The Bertz CT molecular complexity index is 1130. The summed E-state index contributed by atoms with van der Waals surface area (Å²) in [5.74, 6) is 0.603. The van der Waals surface area contributed by atoms with Gasteiger partial charge in [0.25, 0.3) is 0 Å². The van der Waals surface area contributed by atoms with Crippen molar-refractivity contribution in [3.63, 3.8) is 0 Å². The normalized spacial score (nSPS) is 14.5. The van der Waals surface area contributed by atoms with E-state index in [-0.39, 0.29) is 12.5 Å². The highest BCUT2D eigenvalue weighted by molar-refractivity contribution is 7.80. The molecule has 0 fully saturated rings. The van der Waals surface area contributed by atoms with Crippen molar-refractivity contribution in [3.05, 3.63) is 122 Å². The van der Waals surface area contributed by atoms with Gasteiger partial charge in [-0.15, -0.1) is 0 Å². The third-order valence-corrected chi connectivity index (χ3v) is 8.10. The summed E-state index contributed by atoms with van der Waals surface area (Å²) >= 11 is 0. The molecule has 0 heterocycles. The molecule has 0 rings (SSSR count). The van der Waals surface area contributed by atoms with Gasteiger partial charge in [-0.2, -0.15) is 8.42 Å². The molecule has 2 unspecified atom stereocenters. The van der Waals surface area contributed by atoms with Gasteiger partial charge < -0.3 is 5.11 Å². The summed E-state index contributed by atoms with van der Waals surface area (Å²) in [4.78, 5) is 0. The molecule has 0 aromatic heterocycles. The molecule has 0 saturated heterocycles. The van der Waals surface area contributed by atoms with Crippen LogP contribution in [0.5, 0.6) is 0 Å². The molecule has 50 heavy (non-hydrogen) atoms. The lowest BCUT2D eigenvalue weighted by atomic mass is 10.0. The van der Waals surface area contributed by atoms with Gasteiger partial charge >= 0.3 is 10.4 Å². The van der Waals surface area contributed by atoms with Gasteiger partial charge in [0, 0.05) is 6.61 Å². The minimum atomic E-state index is -4.33. The van der Waals surface area contributed by atoms with Crippen LogP contribution < -0.4 is 0 Å². The first-order valence-corrected chi connectivity index (χ1v) is 20.4. The fourth-order valence-corrected chi connectivity index (χ4v) is 4.78. The predicted octanol–water partition coefficient (Wildman–Crippen LogP) is 12.9. The molecule has 0 aliphatic carbocycles. The van der Waals surface area contributed by atoms with Gasteiger partial charge in [-0.05, 0) is 102 Å². The summed E-state index contributed by atoms with van der Waals surface area (Å²) in [6.45, 7) is 8.78. The first kappa shape index (κ1) is 49.3. The lowest BCUT2D eigenvalue weighted by molar-refractivity contribution is 0.213. The van der Waals surface area contributed by atoms with Crippen molar-refractivity contribution >= 4 is 10.4 Å². The van der Waals surface area contributed by atoms with Crippen LogP contribution in [0, 0.1) is 11.8 Å². The van der Waals surface area contributed by atoms with Crippen LogP contribution in [0.25, 0.3) is 0 Å². The number of rotatable bonds is 30. The zero-order valence-electron chi connectivity index (χ0n) is 32.0. The van der Waals surface area contributed by atoms with Gasteiger partial charge in [0.1, 0.15) is 0 Å². The van der Waals surface area contributed by atoms with Crippen LogP contribution in [0.3, 0.4) is 0 Å². The lowest BCUT2D eigenvalue weighted by Crippen LogP contribution is -2.13. The van der Waals surface area contributed by atoms with E-state index in [1.165, 1.54) is 0 Å². The summed E-state index contributed by atoms with van der Waals surface area (Å²) in [7, 11) is -4.33. The predicted molar refractivity (Wildman–Crippen MR) is 220 cm³/mol. The number of hydrogen-bond donors (Lipinski definition) is 2. The van der Waals surface area contributed by atoms with E-state index in [2.05, 4.69) is 146 Å². The maximum Gasteiger partial charge on any atom is 0.397 e. The third-order valence-electron chi connectivity index (χ3n) is 7.66. The van der Waals surface area contributed by atoms with E-state index in [9.17, 15) is 8.42 Å². The molecule has 0 radical (unpaired) electrons. The van der Waals surface area contributed by atoms with Gasteiger partial charge in [-0.3, -0.25) is 4.55 Å². The topological polar surface area (TPSA) is 83.8 Å². The second-order valence-corrected chi connectivity index (χ2v) is 13.1. The minimum absolute atomic E-state index is 0.0417. The van der Waals surface area contributed by atoms with E-state index in [1.807, 2.05) is 6.92 Å². The van der Waals surface area contributed by atoms with Crippen LogP contribution in [0.4, 0.5) is 0 Å². The Hall–Kier alpha value is -2.77. The maximum absolute atomic E-state index is 10.6. The van der Waals surface area contributed by atoms with E-state index in [4.69, 9.17) is 9.66 Å². The summed E-state index contributed by atoms with van der Waals surface area (Å²) < 4.78 is 34.2. The fourth-order valence-electron chi connectivity index (χ4n) is 4.41. The Morgan fingerprint density at radius 2 is 0.740 bits per heavy atom. The molecule has 0 aliphatic rings. The van der Waals surface area contributed by atoms with Crippen molar-refractivity contribution in [2.24, 2.45) is 11.8 Å². The van der Waals surface area contributed by atoms with E-state index >= 15 is 0 Å². The van der Waals surface area contributed by atoms with Gasteiger partial charge in [0.2, 0.25) is 0 Å². The molecular formula is C44H72O5S. The third kappa shape index (κ3) is 43.3. The van der Waals surface area contributed by atoms with Gasteiger partial charge in [-0.1, -0.05) is 162 Å². The molecule has 0 saturated carbocycles. The molecule has 2 N–H and O–H groups in total. The largest absolute Gasteiger partial charge is 0.397 e. The van der Waals surface area contributed by atoms with Gasteiger partial charge in [0.15, 0.2) is 0 Å². The van der Waals surface area contributed by atoms with Crippen molar-refractivity contribution in [1.82, 2.24) is 0 Å². The molecule has 0 aromatic carbocycles. The molecule has 0 spiro atoms.